The third-order valence-electron chi connectivity index (χ3n) is 3.61. The number of nitrogens with one attached hydrogen (secondary N) is 1. The summed E-state index contributed by atoms with van der Waals surface area (Å²) in [4.78, 5) is 4.28. The molecule has 0 amide bonds. The quantitative estimate of drug-likeness (QED) is 0.763. The Morgan fingerprint density at radius 2 is 2.04 bits per heavy atom. The van der Waals surface area contributed by atoms with Crippen LogP contribution in [0.25, 0.3) is 10.9 Å². The first-order valence-corrected chi connectivity index (χ1v) is 7.66. The Labute approximate surface area is 139 Å². The van der Waals surface area contributed by atoms with Gasteiger partial charge >= 0.3 is 0 Å². The SMILES string of the molecule is CCOc1ccc(CNc2cc(C#N)nc3ccccc23)cc1F. The van der Waals surface area contributed by atoms with Crippen LogP contribution in [-0.4, -0.2) is 11.6 Å². The van der Waals surface area contributed by atoms with Gasteiger partial charge in [0, 0.05) is 17.6 Å². The largest absolute Gasteiger partial charge is 0.491 e. The second-order valence-corrected chi connectivity index (χ2v) is 5.24. The third-order valence-corrected chi connectivity index (χ3v) is 3.61. The lowest BCUT2D eigenvalue weighted by atomic mass is 10.1. The highest BCUT2D eigenvalue weighted by atomic mass is 19.1. The van der Waals surface area contributed by atoms with E-state index in [1.54, 1.807) is 12.1 Å². The molecule has 24 heavy (non-hydrogen) atoms. The summed E-state index contributed by atoms with van der Waals surface area (Å²) in [6.07, 6.45) is 0. The summed E-state index contributed by atoms with van der Waals surface area (Å²) in [6.45, 7) is 2.67. The molecule has 2 aromatic carbocycles. The van der Waals surface area contributed by atoms with Crippen LogP contribution in [0.5, 0.6) is 5.75 Å². The lowest BCUT2D eigenvalue weighted by Crippen LogP contribution is -2.03. The van der Waals surface area contributed by atoms with Crippen molar-refractivity contribution in [3.05, 3.63) is 65.6 Å². The molecule has 1 N–H and O–H groups in total. The zero-order chi connectivity index (χ0) is 16.9. The van der Waals surface area contributed by atoms with E-state index >= 15 is 0 Å². The molecule has 120 valence electrons. The van der Waals surface area contributed by atoms with Crippen molar-refractivity contribution in [1.29, 1.82) is 5.26 Å². The van der Waals surface area contributed by atoms with Gasteiger partial charge in [-0.2, -0.15) is 5.26 Å². The minimum absolute atomic E-state index is 0.252. The molecular weight excluding hydrogens is 305 g/mol. The number of halogens is 1. The highest BCUT2D eigenvalue weighted by Gasteiger charge is 2.07. The smallest absolute Gasteiger partial charge is 0.165 e. The fourth-order valence-corrected chi connectivity index (χ4v) is 2.50. The number of nitrogens with zero attached hydrogens (tertiary/aromatic N) is 2. The van der Waals surface area contributed by atoms with Crippen molar-refractivity contribution >= 4 is 16.6 Å². The Morgan fingerprint density at radius 3 is 2.79 bits per heavy atom. The number of nitriles is 1. The Morgan fingerprint density at radius 1 is 1.21 bits per heavy atom. The van der Waals surface area contributed by atoms with Gasteiger partial charge in [0.05, 0.1) is 12.1 Å². The van der Waals surface area contributed by atoms with Crippen molar-refractivity contribution in [2.24, 2.45) is 0 Å². The summed E-state index contributed by atoms with van der Waals surface area (Å²) < 4.78 is 19.1. The van der Waals surface area contributed by atoms with Gasteiger partial charge in [0.25, 0.3) is 0 Å². The number of para-hydroxylation sites is 1. The minimum atomic E-state index is -0.381. The first-order chi connectivity index (χ1) is 11.7. The number of pyridine rings is 1. The molecule has 0 atom stereocenters. The molecule has 0 aliphatic heterocycles. The fraction of sp³-hybridized carbons (Fsp3) is 0.158. The van der Waals surface area contributed by atoms with Crippen molar-refractivity contribution in [3.8, 4) is 11.8 Å². The lowest BCUT2D eigenvalue weighted by molar-refractivity contribution is 0.321. The molecule has 0 aliphatic carbocycles. The topological polar surface area (TPSA) is 57.9 Å². The number of ether oxygens (including phenoxy) is 1. The van der Waals surface area contributed by atoms with Crippen molar-refractivity contribution in [2.45, 2.75) is 13.5 Å². The van der Waals surface area contributed by atoms with Crippen LogP contribution in [0.1, 0.15) is 18.2 Å². The summed E-state index contributed by atoms with van der Waals surface area (Å²) in [5.74, 6) is -0.129. The van der Waals surface area contributed by atoms with Crippen LogP contribution < -0.4 is 10.1 Å². The van der Waals surface area contributed by atoms with E-state index in [9.17, 15) is 4.39 Å². The molecule has 0 saturated carbocycles. The van der Waals surface area contributed by atoms with Crippen molar-refractivity contribution in [1.82, 2.24) is 4.98 Å². The molecule has 4 nitrogen and oxygen atoms in total. The third kappa shape index (κ3) is 3.28. The predicted octanol–water partition coefficient (Wildman–Crippen LogP) is 4.26. The molecular formula is C19H16FN3O. The summed E-state index contributed by atoms with van der Waals surface area (Å²) in [5, 5.41) is 13.3. The molecule has 5 heteroatoms. The Kier molecular flexibility index (Phi) is 4.57. The van der Waals surface area contributed by atoms with Gasteiger partial charge < -0.3 is 10.1 Å². The number of rotatable bonds is 5. The van der Waals surface area contributed by atoms with Gasteiger partial charge in [-0.25, -0.2) is 9.37 Å². The number of aromatic nitrogens is 1. The average Bonchev–Trinajstić information content (AvgIpc) is 2.61. The summed E-state index contributed by atoms with van der Waals surface area (Å²) in [5.41, 5.74) is 2.67. The van der Waals surface area contributed by atoms with E-state index in [1.165, 1.54) is 6.07 Å². The zero-order valence-electron chi connectivity index (χ0n) is 13.2. The monoisotopic (exact) mass is 321 g/mol. The second kappa shape index (κ2) is 6.97. The zero-order valence-corrected chi connectivity index (χ0v) is 13.2. The molecule has 0 radical (unpaired) electrons. The van der Waals surface area contributed by atoms with E-state index in [-0.39, 0.29) is 11.6 Å². The molecule has 3 aromatic rings. The molecule has 0 saturated heterocycles. The number of hydrogen-bond acceptors (Lipinski definition) is 4. The van der Waals surface area contributed by atoms with Crippen LogP contribution in [0.2, 0.25) is 0 Å². The Bertz CT molecular complexity index is 918. The number of fused-ring (bicyclic) bond motifs is 1. The Balaban J connectivity index is 1.86. The maximum Gasteiger partial charge on any atom is 0.165 e. The second-order valence-electron chi connectivity index (χ2n) is 5.24. The number of hydrogen-bond donors (Lipinski definition) is 1. The van der Waals surface area contributed by atoms with Crippen LogP contribution in [-0.2, 0) is 6.54 Å². The van der Waals surface area contributed by atoms with Crippen LogP contribution >= 0.6 is 0 Å². The highest BCUT2D eigenvalue weighted by molar-refractivity contribution is 5.91. The summed E-state index contributed by atoms with van der Waals surface area (Å²) >= 11 is 0. The highest BCUT2D eigenvalue weighted by Crippen LogP contribution is 2.24. The molecule has 0 unspecified atom stereocenters. The van der Waals surface area contributed by atoms with E-state index in [0.29, 0.717) is 18.8 Å². The van der Waals surface area contributed by atoms with Crippen molar-refractivity contribution in [2.75, 3.05) is 11.9 Å². The first-order valence-electron chi connectivity index (χ1n) is 7.66. The van der Waals surface area contributed by atoms with Crippen LogP contribution in [0, 0.1) is 17.1 Å². The maximum atomic E-state index is 13.9. The van der Waals surface area contributed by atoms with Crippen LogP contribution in [0.3, 0.4) is 0 Å². The molecule has 0 spiro atoms. The van der Waals surface area contributed by atoms with Gasteiger partial charge in [0.2, 0.25) is 0 Å². The molecule has 1 aromatic heterocycles. The van der Waals surface area contributed by atoms with E-state index in [4.69, 9.17) is 10.00 Å². The van der Waals surface area contributed by atoms with Gasteiger partial charge in [-0.15, -0.1) is 0 Å². The standard InChI is InChI=1S/C19H16FN3O/c1-2-24-19-8-7-13(9-16(19)20)12-22-18-10-14(11-21)23-17-6-4-3-5-15(17)18/h3-10H,2,12H2,1H3,(H,22,23). The molecule has 3 rings (SSSR count). The van der Waals surface area contributed by atoms with E-state index in [0.717, 1.165) is 22.2 Å². The van der Waals surface area contributed by atoms with Gasteiger partial charge in [0.1, 0.15) is 11.8 Å². The maximum absolute atomic E-state index is 13.9. The molecule has 0 fully saturated rings. The van der Waals surface area contributed by atoms with Gasteiger partial charge in [-0.05, 0) is 36.8 Å². The van der Waals surface area contributed by atoms with Gasteiger partial charge in [0.15, 0.2) is 11.6 Å². The Hall–Kier alpha value is -3.13. The van der Waals surface area contributed by atoms with E-state index in [2.05, 4.69) is 16.4 Å². The normalized spacial score (nSPS) is 10.4. The minimum Gasteiger partial charge on any atom is -0.491 e. The molecule has 0 bridgehead atoms. The van der Waals surface area contributed by atoms with Gasteiger partial charge in [-0.1, -0.05) is 24.3 Å². The average molecular weight is 321 g/mol. The predicted molar refractivity (Wildman–Crippen MR) is 91.4 cm³/mol. The summed E-state index contributed by atoms with van der Waals surface area (Å²) in [6, 6.07) is 16.2. The van der Waals surface area contributed by atoms with Gasteiger partial charge in [-0.3, -0.25) is 0 Å². The lowest BCUT2D eigenvalue weighted by Gasteiger charge is -2.11. The van der Waals surface area contributed by atoms with Crippen LogP contribution in [0.4, 0.5) is 10.1 Å². The summed E-state index contributed by atoms with van der Waals surface area (Å²) in [7, 11) is 0. The van der Waals surface area contributed by atoms with E-state index < -0.39 is 0 Å². The molecule has 0 aliphatic rings. The van der Waals surface area contributed by atoms with Crippen molar-refractivity contribution < 1.29 is 9.13 Å². The first kappa shape index (κ1) is 15.8. The fourth-order valence-electron chi connectivity index (χ4n) is 2.50. The number of benzene rings is 2. The number of anilines is 1. The van der Waals surface area contributed by atoms with Crippen molar-refractivity contribution in [3.63, 3.8) is 0 Å². The van der Waals surface area contributed by atoms with Crippen LogP contribution in [0.15, 0.2) is 48.5 Å². The molecule has 1 heterocycles. The van der Waals surface area contributed by atoms with E-state index in [1.807, 2.05) is 37.3 Å².